The molecule has 24 heavy (non-hydrogen) atoms. The zero-order valence-corrected chi connectivity index (χ0v) is 13.7. The van der Waals surface area contributed by atoms with Crippen molar-refractivity contribution in [3.05, 3.63) is 29.6 Å². The van der Waals surface area contributed by atoms with Gasteiger partial charge in [-0.2, -0.15) is 0 Å². The van der Waals surface area contributed by atoms with Crippen LogP contribution in [-0.4, -0.2) is 52.0 Å². The quantitative estimate of drug-likeness (QED) is 0.736. The van der Waals surface area contributed by atoms with E-state index in [1.165, 1.54) is 4.90 Å². The molecule has 2 aliphatic heterocycles. The highest BCUT2D eigenvalue weighted by molar-refractivity contribution is 6.07. The second-order valence-electron chi connectivity index (χ2n) is 6.62. The number of carbonyl (C=O) groups is 2. The van der Waals surface area contributed by atoms with E-state index in [0.29, 0.717) is 25.8 Å². The van der Waals surface area contributed by atoms with Crippen molar-refractivity contribution < 1.29 is 9.59 Å². The van der Waals surface area contributed by atoms with Crippen molar-refractivity contribution in [1.82, 2.24) is 25.5 Å². The second kappa shape index (κ2) is 5.59. The molecule has 2 aliphatic rings. The Morgan fingerprint density at radius 3 is 2.79 bits per heavy atom. The van der Waals surface area contributed by atoms with Crippen molar-refractivity contribution in [3.63, 3.8) is 0 Å². The lowest BCUT2D eigenvalue weighted by atomic mass is 9.88. The van der Waals surface area contributed by atoms with Gasteiger partial charge in [-0.25, -0.2) is 9.78 Å². The summed E-state index contributed by atoms with van der Waals surface area (Å²) in [5, 5.41) is 6.14. The number of amides is 3. The normalized spacial score (nSPS) is 20.1. The first kappa shape index (κ1) is 15.1. The number of hydrogen-bond acceptors (Lipinski definition) is 4. The Hall–Kier alpha value is -2.41. The van der Waals surface area contributed by atoms with Gasteiger partial charge in [0.2, 0.25) is 0 Å². The number of fused-ring (bicyclic) bond motifs is 1. The molecule has 1 aromatic heterocycles. The van der Waals surface area contributed by atoms with Crippen LogP contribution in [0.3, 0.4) is 0 Å². The van der Waals surface area contributed by atoms with Gasteiger partial charge < -0.3 is 15.6 Å². The molecule has 4 rings (SSSR count). The first-order chi connectivity index (χ1) is 11.6. The first-order valence-corrected chi connectivity index (χ1v) is 8.38. The maximum atomic E-state index is 12.7. The minimum absolute atomic E-state index is 0.0960. The number of H-pyrrole nitrogens is 1. The Kier molecular flexibility index (Phi) is 3.53. The average Bonchev–Trinajstić information content (AvgIpc) is 3.08. The summed E-state index contributed by atoms with van der Waals surface area (Å²) >= 11 is 0. The number of piperidine rings is 1. The van der Waals surface area contributed by atoms with Crippen molar-refractivity contribution in [2.45, 2.75) is 31.7 Å². The van der Waals surface area contributed by atoms with Crippen molar-refractivity contribution in [2.24, 2.45) is 0 Å². The van der Waals surface area contributed by atoms with Gasteiger partial charge >= 0.3 is 6.03 Å². The van der Waals surface area contributed by atoms with Crippen LogP contribution in [0.4, 0.5) is 4.79 Å². The largest absolute Gasteiger partial charge is 0.342 e. The van der Waals surface area contributed by atoms with E-state index in [2.05, 4.69) is 20.6 Å². The summed E-state index contributed by atoms with van der Waals surface area (Å²) in [7, 11) is 0. The number of rotatable bonds is 3. The predicted octanol–water partition coefficient (Wildman–Crippen LogP) is 1.09. The molecule has 7 heteroatoms. The molecule has 2 fully saturated rings. The number of nitrogens with zero attached hydrogens (tertiary/aromatic N) is 2. The van der Waals surface area contributed by atoms with Crippen LogP contribution in [0.15, 0.2) is 18.2 Å². The van der Waals surface area contributed by atoms with Crippen LogP contribution >= 0.6 is 0 Å². The van der Waals surface area contributed by atoms with E-state index in [1.807, 2.05) is 25.1 Å². The van der Waals surface area contributed by atoms with E-state index in [-0.39, 0.29) is 11.9 Å². The number of imidazole rings is 1. The summed E-state index contributed by atoms with van der Waals surface area (Å²) < 4.78 is 0. The molecule has 126 valence electrons. The van der Waals surface area contributed by atoms with Gasteiger partial charge in [-0.3, -0.25) is 9.69 Å². The van der Waals surface area contributed by atoms with Crippen LogP contribution in [0.5, 0.6) is 0 Å². The lowest BCUT2D eigenvalue weighted by Gasteiger charge is -2.31. The zero-order valence-electron chi connectivity index (χ0n) is 13.7. The monoisotopic (exact) mass is 327 g/mol. The fourth-order valence-corrected chi connectivity index (χ4v) is 3.63. The van der Waals surface area contributed by atoms with Crippen LogP contribution in [0, 0.1) is 6.92 Å². The molecule has 0 unspecified atom stereocenters. The number of nitrogens with one attached hydrogen (secondary N) is 3. The molecular weight excluding hydrogens is 306 g/mol. The highest BCUT2D eigenvalue weighted by Gasteiger charge is 2.51. The number of hydrogen-bond donors (Lipinski definition) is 3. The molecule has 2 aromatic rings. The minimum Gasteiger partial charge on any atom is -0.342 e. The van der Waals surface area contributed by atoms with E-state index in [9.17, 15) is 9.59 Å². The van der Waals surface area contributed by atoms with Gasteiger partial charge in [-0.05, 0) is 44.5 Å². The van der Waals surface area contributed by atoms with E-state index < -0.39 is 5.54 Å². The number of para-hydroxylation sites is 1. The number of aromatic nitrogens is 2. The third-order valence-electron chi connectivity index (χ3n) is 5.04. The van der Waals surface area contributed by atoms with Gasteiger partial charge in [-0.1, -0.05) is 12.1 Å². The Morgan fingerprint density at radius 2 is 2.04 bits per heavy atom. The van der Waals surface area contributed by atoms with Gasteiger partial charge in [0.15, 0.2) is 0 Å². The summed E-state index contributed by atoms with van der Waals surface area (Å²) in [6, 6.07) is 5.70. The Labute approximate surface area is 139 Å². The Bertz CT molecular complexity index is 806. The number of imide groups is 1. The summed E-state index contributed by atoms with van der Waals surface area (Å²) in [5.41, 5.74) is 2.34. The van der Waals surface area contributed by atoms with Gasteiger partial charge in [0, 0.05) is 13.0 Å². The van der Waals surface area contributed by atoms with Gasteiger partial charge in [0.1, 0.15) is 11.4 Å². The summed E-state index contributed by atoms with van der Waals surface area (Å²) in [6.07, 6.45) is 1.83. The van der Waals surface area contributed by atoms with Gasteiger partial charge in [-0.15, -0.1) is 0 Å². The van der Waals surface area contributed by atoms with E-state index in [4.69, 9.17) is 0 Å². The molecule has 2 saturated heterocycles. The molecule has 3 N–H and O–H groups in total. The van der Waals surface area contributed by atoms with Crippen LogP contribution in [0.1, 0.15) is 24.2 Å². The lowest BCUT2D eigenvalue weighted by molar-refractivity contribution is -0.132. The van der Waals surface area contributed by atoms with Crippen molar-refractivity contribution in [3.8, 4) is 0 Å². The molecule has 0 bridgehead atoms. The fourth-order valence-electron chi connectivity index (χ4n) is 3.63. The highest BCUT2D eigenvalue weighted by Crippen LogP contribution is 2.27. The summed E-state index contributed by atoms with van der Waals surface area (Å²) in [4.78, 5) is 34.2. The molecular formula is C17H21N5O2. The molecule has 7 nitrogen and oxygen atoms in total. The molecule has 0 aliphatic carbocycles. The van der Waals surface area contributed by atoms with Crippen LogP contribution in [0.2, 0.25) is 0 Å². The Morgan fingerprint density at radius 1 is 1.25 bits per heavy atom. The second-order valence-corrected chi connectivity index (χ2v) is 6.62. The van der Waals surface area contributed by atoms with E-state index >= 15 is 0 Å². The molecule has 1 spiro atoms. The fraction of sp³-hybridized carbons (Fsp3) is 0.471. The summed E-state index contributed by atoms with van der Waals surface area (Å²) in [5.74, 6) is 0.701. The number of urea groups is 1. The maximum absolute atomic E-state index is 12.7. The topological polar surface area (TPSA) is 90.1 Å². The molecule has 3 heterocycles. The molecule has 3 amide bonds. The zero-order chi connectivity index (χ0) is 16.7. The number of carbonyl (C=O) groups excluding carboxylic acids is 2. The highest BCUT2D eigenvalue weighted by atomic mass is 16.2. The SMILES string of the molecule is Cc1cccc2[nH]c(CCN3C(=O)NC4(CCNCC4)C3=O)nc12. The third kappa shape index (κ3) is 2.36. The first-order valence-electron chi connectivity index (χ1n) is 8.38. The average molecular weight is 327 g/mol. The smallest absolute Gasteiger partial charge is 0.325 e. The van der Waals surface area contributed by atoms with Crippen LogP contribution in [-0.2, 0) is 11.2 Å². The standard InChI is InChI=1S/C17H21N5O2/c1-11-3-2-4-12-14(11)20-13(19-12)5-10-22-15(23)17(21-16(22)24)6-8-18-9-7-17/h2-4,18H,5-10H2,1H3,(H,19,20)(H,21,24). The van der Waals surface area contributed by atoms with Gasteiger partial charge in [0.25, 0.3) is 5.91 Å². The summed E-state index contributed by atoms with van der Waals surface area (Å²) in [6.45, 7) is 3.87. The van der Waals surface area contributed by atoms with Crippen molar-refractivity contribution in [1.29, 1.82) is 0 Å². The molecule has 0 saturated carbocycles. The third-order valence-corrected chi connectivity index (χ3v) is 5.04. The van der Waals surface area contributed by atoms with Crippen molar-refractivity contribution >= 4 is 23.0 Å². The van der Waals surface area contributed by atoms with Gasteiger partial charge in [0.05, 0.1) is 11.0 Å². The predicted molar refractivity (Wildman–Crippen MR) is 89.6 cm³/mol. The van der Waals surface area contributed by atoms with Crippen LogP contribution < -0.4 is 10.6 Å². The van der Waals surface area contributed by atoms with Crippen LogP contribution in [0.25, 0.3) is 11.0 Å². The van der Waals surface area contributed by atoms with Crippen molar-refractivity contribution in [2.75, 3.05) is 19.6 Å². The molecule has 1 aromatic carbocycles. The lowest BCUT2D eigenvalue weighted by Crippen LogP contribution is -2.53. The van der Waals surface area contributed by atoms with E-state index in [0.717, 1.165) is 35.5 Å². The minimum atomic E-state index is -0.702. The number of aryl methyl sites for hydroxylation is 1. The number of benzene rings is 1. The van der Waals surface area contributed by atoms with E-state index in [1.54, 1.807) is 0 Å². The maximum Gasteiger partial charge on any atom is 0.325 e. The Balaban J connectivity index is 1.49. The number of aromatic amines is 1. The molecule has 0 atom stereocenters. The molecule has 0 radical (unpaired) electrons.